The molecule has 19 heavy (non-hydrogen) atoms. The quantitative estimate of drug-likeness (QED) is 0.658. The Morgan fingerprint density at radius 2 is 1.42 bits per heavy atom. The Morgan fingerprint density at radius 1 is 0.895 bits per heavy atom. The summed E-state index contributed by atoms with van der Waals surface area (Å²) in [6.07, 6.45) is 0. The van der Waals surface area contributed by atoms with Crippen LogP contribution in [0, 0.1) is 0 Å². The Balaban J connectivity index is 0.00000180. The van der Waals surface area contributed by atoms with E-state index in [-0.39, 0.29) is 23.0 Å². The van der Waals surface area contributed by atoms with Gasteiger partial charge >= 0.3 is 0 Å². The highest BCUT2D eigenvalue weighted by atomic mass is 35.7. The fraction of sp³-hybridized carbons (Fsp3) is 0. The van der Waals surface area contributed by atoms with Crippen LogP contribution in [0.2, 0.25) is 0 Å². The highest BCUT2D eigenvalue weighted by molar-refractivity contribution is 8.13. The molecule has 2 aromatic rings. The summed E-state index contributed by atoms with van der Waals surface area (Å²) in [5, 5.41) is 0. The van der Waals surface area contributed by atoms with E-state index in [0.29, 0.717) is 11.3 Å². The second-order valence-corrected chi connectivity index (χ2v) is 6.35. The molecule has 0 fully saturated rings. The molecule has 0 saturated heterocycles. The van der Waals surface area contributed by atoms with Gasteiger partial charge in [-0.1, -0.05) is 18.2 Å². The Morgan fingerprint density at radius 3 is 1.95 bits per heavy atom. The van der Waals surface area contributed by atoms with Crippen LogP contribution in [0.4, 0.5) is 11.4 Å². The molecule has 0 aliphatic carbocycles. The van der Waals surface area contributed by atoms with Crippen molar-refractivity contribution in [2.45, 2.75) is 4.90 Å². The maximum Gasteiger partial charge on any atom is 0.263 e. The van der Waals surface area contributed by atoms with E-state index in [2.05, 4.69) is 0 Å². The van der Waals surface area contributed by atoms with Gasteiger partial charge in [0, 0.05) is 16.4 Å². The zero-order valence-electron chi connectivity index (χ0n) is 9.71. The molecule has 0 radical (unpaired) electrons. The summed E-state index contributed by atoms with van der Waals surface area (Å²) >= 11 is 0. The standard InChI is InChI=1S/C12H11ClN2O2S.ClH/c13-18(16,17)12-7-9(3-6-11(12)15)8-1-4-10(14)5-2-8;/h1-7H,14-15H2;1H. The van der Waals surface area contributed by atoms with E-state index in [1.807, 2.05) is 0 Å². The minimum absolute atomic E-state index is 0. The van der Waals surface area contributed by atoms with Crippen LogP contribution in [0.3, 0.4) is 0 Å². The largest absolute Gasteiger partial charge is 0.399 e. The van der Waals surface area contributed by atoms with Gasteiger partial charge in [0.15, 0.2) is 0 Å². The molecule has 0 unspecified atom stereocenters. The molecule has 0 aliphatic heterocycles. The van der Waals surface area contributed by atoms with Crippen LogP contribution >= 0.6 is 23.1 Å². The number of hydrogen-bond donors (Lipinski definition) is 2. The molecule has 102 valence electrons. The lowest BCUT2D eigenvalue weighted by molar-refractivity contribution is 0.610. The summed E-state index contributed by atoms with van der Waals surface area (Å²) in [7, 11) is 1.47. The third-order valence-corrected chi connectivity index (χ3v) is 3.90. The summed E-state index contributed by atoms with van der Waals surface area (Å²) in [5.41, 5.74) is 13.5. The molecular weight excluding hydrogens is 307 g/mol. The molecule has 0 atom stereocenters. The van der Waals surface area contributed by atoms with Crippen molar-refractivity contribution >= 4 is 43.5 Å². The van der Waals surface area contributed by atoms with Crippen molar-refractivity contribution in [2.75, 3.05) is 11.5 Å². The van der Waals surface area contributed by atoms with Crippen LogP contribution in [0.15, 0.2) is 47.4 Å². The third-order valence-electron chi connectivity index (χ3n) is 2.52. The number of nitrogens with two attached hydrogens (primary N) is 2. The molecule has 2 aromatic carbocycles. The molecule has 0 aromatic heterocycles. The van der Waals surface area contributed by atoms with Gasteiger partial charge in [-0.25, -0.2) is 8.42 Å². The van der Waals surface area contributed by atoms with Gasteiger partial charge in [-0.3, -0.25) is 0 Å². The Kier molecular flexibility index (Phi) is 4.68. The zero-order valence-corrected chi connectivity index (χ0v) is 12.1. The molecule has 0 spiro atoms. The Hall–Kier alpha value is -1.43. The first-order chi connectivity index (χ1) is 8.38. The van der Waals surface area contributed by atoms with Gasteiger partial charge in [-0.2, -0.15) is 0 Å². The molecule has 4 nitrogen and oxygen atoms in total. The molecular formula is C12H12Cl2N2O2S. The second-order valence-electron chi connectivity index (χ2n) is 3.81. The van der Waals surface area contributed by atoms with Gasteiger partial charge in [0.25, 0.3) is 9.05 Å². The van der Waals surface area contributed by atoms with Crippen molar-refractivity contribution in [2.24, 2.45) is 0 Å². The normalized spacial score (nSPS) is 10.8. The van der Waals surface area contributed by atoms with Crippen LogP contribution < -0.4 is 11.5 Å². The average Bonchev–Trinajstić information content (AvgIpc) is 2.29. The predicted molar refractivity (Wildman–Crippen MR) is 81.0 cm³/mol. The molecule has 7 heteroatoms. The van der Waals surface area contributed by atoms with E-state index >= 15 is 0 Å². The van der Waals surface area contributed by atoms with Crippen molar-refractivity contribution in [1.29, 1.82) is 0 Å². The molecule has 4 N–H and O–H groups in total. The minimum atomic E-state index is -3.85. The summed E-state index contributed by atoms with van der Waals surface area (Å²) in [4.78, 5) is -0.0847. The summed E-state index contributed by atoms with van der Waals surface area (Å²) in [6, 6.07) is 11.8. The SMILES string of the molecule is Cl.Nc1ccc(-c2ccc(N)c(S(=O)(=O)Cl)c2)cc1. The van der Waals surface area contributed by atoms with Gasteiger partial charge in [-0.15, -0.1) is 12.4 Å². The van der Waals surface area contributed by atoms with Gasteiger partial charge in [0.1, 0.15) is 4.90 Å². The molecule has 0 bridgehead atoms. The van der Waals surface area contributed by atoms with Crippen molar-refractivity contribution in [3.8, 4) is 11.1 Å². The Bertz CT molecular complexity index is 685. The van der Waals surface area contributed by atoms with E-state index in [1.54, 1.807) is 30.3 Å². The van der Waals surface area contributed by atoms with E-state index in [1.165, 1.54) is 12.1 Å². The van der Waals surface area contributed by atoms with Crippen LogP contribution in [0.25, 0.3) is 11.1 Å². The third kappa shape index (κ3) is 3.53. The smallest absolute Gasteiger partial charge is 0.263 e. The van der Waals surface area contributed by atoms with Crippen LogP contribution in [-0.4, -0.2) is 8.42 Å². The number of halogens is 2. The van der Waals surface area contributed by atoms with E-state index in [9.17, 15) is 8.42 Å². The van der Waals surface area contributed by atoms with Gasteiger partial charge in [0.05, 0.1) is 5.69 Å². The lowest BCUT2D eigenvalue weighted by Crippen LogP contribution is -1.98. The van der Waals surface area contributed by atoms with Crippen LogP contribution in [0.5, 0.6) is 0 Å². The van der Waals surface area contributed by atoms with Crippen molar-refractivity contribution in [3.05, 3.63) is 42.5 Å². The maximum atomic E-state index is 11.4. The van der Waals surface area contributed by atoms with Crippen molar-refractivity contribution in [3.63, 3.8) is 0 Å². The molecule has 0 aliphatic rings. The average molecular weight is 319 g/mol. The van der Waals surface area contributed by atoms with E-state index in [4.69, 9.17) is 22.1 Å². The van der Waals surface area contributed by atoms with Crippen molar-refractivity contribution < 1.29 is 8.42 Å². The lowest BCUT2D eigenvalue weighted by atomic mass is 10.1. The number of anilines is 2. The highest BCUT2D eigenvalue weighted by Crippen LogP contribution is 2.29. The fourth-order valence-corrected chi connectivity index (χ4v) is 2.62. The van der Waals surface area contributed by atoms with E-state index < -0.39 is 9.05 Å². The summed E-state index contributed by atoms with van der Waals surface area (Å²) < 4.78 is 22.7. The van der Waals surface area contributed by atoms with Gasteiger partial charge < -0.3 is 11.5 Å². The van der Waals surface area contributed by atoms with Gasteiger partial charge in [-0.05, 0) is 35.4 Å². The molecule has 0 heterocycles. The first-order valence-electron chi connectivity index (χ1n) is 5.08. The Labute approximate surface area is 122 Å². The maximum absolute atomic E-state index is 11.4. The number of benzene rings is 2. The van der Waals surface area contributed by atoms with E-state index in [0.717, 1.165) is 5.56 Å². The van der Waals surface area contributed by atoms with Gasteiger partial charge in [0.2, 0.25) is 0 Å². The minimum Gasteiger partial charge on any atom is -0.399 e. The number of nitrogen functional groups attached to an aromatic ring is 2. The zero-order chi connectivity index (χ0) is 13.3. The second kappa shape index (κ2) is 5.69. The number of rotatable bonds is 2. The monoisotopic (exact) mass is 318 g/mol. The summed E-state index contributed by atoms with van der Waals surface area (Å²) in [6.45, 7) is 0. The first kappa shape index (κ1) is 15.6. The van der Waals surface area contributed by atoms with Crippen molar-refractivity contribution in [1.82, 2.24) is 0 Å². The predicted octanol–water partition coefficient (Wildman–Crippen LogP) is 2.87. The molecule has 0 amide bonds. The highest BCUT2D eigenvalue weighted by Gasteiger charge is 2.15. The number of hydrogen-bond acceptors (Lipinski definition) is 4. The fourth-order valence-electron chi connectivity index (χ4n) is 1.60. The molecule has 0 saturated carbocycles. The topological polar surface area (TPSA) is 86.2 Å². The van der Waals surface area contributed by atoms with Crippen LogP contribution in [-0.2, 0) is 9.05 Å². The molecule has 2 rings (SSSR count). The lowest BCUT2D eigenvalue weighted by Gasteiger charge is -2.06. The summed E-state index contributed by atoms with van der Waals surface area (Å²) in [5.74, 6) is 0. The first-order valence-corrected chi connectivity index (χ1v) is 7.39. The van der Waals surface area contributed by atoms with Crippen LogP contribution in [0.1, 0.15) is 0 Å².